The molecule has 178 valence electrons. The number of nitrogens with zero attached hydrogens (tertiary/aromatic N) is 5. The molecule has 0 saturated heterocycles. The molecule has 0 fully saturated rings. The van der Waals surface area contributed by atoms with Gasteiger partial charge in [-0.2, -0.15) is 0 Å². The van der Waals surface area contributed by atoms with Crippen molar-refractivity contribution in [3.63, 3.8) is 0 Å². The molecule has 0 spiro atoms. The van der Waals surface area contributed by atoms with E-state index in [-0.39, 0.29) is 11.7 Å². The third-order valence-corrected chi connectivity index (χ3v) is 5.56. The molecular formula is C22H30N6O4S. The SMILES string of the molecule is CCOc1ccc(NC(=O)CSc2nnc(-c3cn(CC)nc3OCC)n2CCOC)cc1. The number of nitrogens with one attached hydrogen (secondary N) is 1. The maximum atomic E-state index is 12.5. The van der Waals surface area contributed by atoms with E-state index in [1.165, 1.54) is 11.8 Å². The average Bonchev–Trinajstić information content (AvgIpc) is 3.41. The molecule has 10 nitrogen and oxygen atoms in total. The molecule has 0 radical (unpaired) electrons. The summed E-state index contributed by atoms with van der Waals surface area (Å²) in [4.78, 5) is 12.5. The number of methoxy groups -OCH3 is 1. The van der Waals surface area contributed by atoms with Crippen LogP contribution < -0.4 is 14.8 Å². The van der Waals surface area contributed by atoms with Gasteiger partial charge in [0.05, 0.1) is 32.1 Å². The molecule has 0 unspecified atom stereocenters. The molecule has 3 aromatic rings. The minimum Gasteiger partial charge on any atom is -0.494 e. The van der Waals surface area contributed by atoms with Gasteiger partial charge in [0.15, 0.2) is 11.0 Å². The molecule has 0 aliphatic carbocycles. The number of carbonyl (C=O) groups is 1. The zero-order valence-electron chi connectivity index (χ0n) is 19.4. The Labute approximate surface area is 197 Å². The first kappa shape index (κ1) is 24.6. The highest BCUT2D eigenvalue weighted by atomic mass is 32.2. The number of aryl methyl sites for hydroxylation is 1. The standard InChI is InChI=1S/C22H30N6O4S/c1-5-27-14-18(21(26-27)32-7-3)20-24-25-22(28(20)12-13-30-4)33-15-19(29)23-16-8-10-17(11-9-16)31-6-2/h8-11,14H,5-7,12-13,15H2,1-4H3,(H,23,29). The fourth-order valence-electron chi connectivity index (χ4n) is 3.07. The summed E-state index contributed by atoms with van der Waals surface area (Å²) in [5, 5.41) is 16.7. The van der Waals surface area contributed by atoms with E-state index in [0.717, 1.165) is 11.3 Å². The van der Waals surface area contributed by atoms with Crippen molar-refractivity contribution in [3.8, 4) is 23.0 Å². The quantitative estimate of drug-likeness (QED) is 0.376. The van der Waals surface area contributed by atoms with Gasteiger partial charge >= 0.3 is 0 Å². The van der Waals surface area contributed by atoms with Crippen molar-refractivity contribution < 1.29 is 19.0 Å². The van der Waals surface area contributed by atoms with E-state index in [2.05, 4.69) is 20.6 Å². The van der Waals surface area contributed by atoms with E-state index in [1.54, 1.807) is 11.8 Å². The van der Waals surface area contributed by atoms with Gasteiger partial charge in [-0.15, -0.1) is 15.3 Å². The summed E-state index contributed by atoms with van der Waals surface area (Å²) in [6.07, 6.45) is 1.89. The Morgan fingerprint density at radius 2 is 1.85 bits per heavy atom. The predicted octanol–water partition coefficient (Wildman–Crippen LogP) is 3.34. The smallest absolute Gasteiger partial charge is 0.243 e. The fraction of sp³-hybridized carbons (Fsp3) is 0.455. The Hall–Kier alpha value is -3.05. The molecular weight excluding hydrogens is 444 g/mol. The van der Waals surface area contributed by atoms with Crippen molar-refractivity contribution in [1.82, 2.24) is 24.5 Å². The van der Waals surface area contributed by atoms with E-state index in [1.807, 2.05) is 55.8 Å². The Kier molecular flexibility index (Phi) is 9.14. The summed E-state index contributed by atoms with van der Waals surface area (Å²) in [7, 11) is 1.64. The molecule has 1 amide bonds. The minimum absolute atomic E-state index is 0.138. The molecule has 0 aliphatic rings. The van der Waals surface area contributed by atoms with Crippen molar-refractivity contribution in [2.75, 3.05) is 38.0 Å². The number of carbonyl (C=O) groups excluding carboxylic acids is 1. The largest absolute Gasteiger partial charge is 0.494 e. The molecule has 3 rings (SSSR count). The number of rotatable bonds is 13. The first-order valence-electron chi connectivity index (χ1n) is 10.9. The van der Waals surface area contributed by atoms with Crippen LogP contribution in [-0.4, -0.2) is 63.1 Å². The van der Waals surface area contributed by atoms with Gasteiger partial charge in [0.2, 0.25) is 11.8 Å². The van der Waals surface area contributed by atoms with Crippen molar-refractivity contribution >= 4 is 23.4 Å². The van der Waals surface area contributed by atoms with Crippen molar-refractivity contribution in [2.45, 2.75) is 39.0 Å². The fourth-order valence-corrected chi connectivity index (χ4v) is 3.83. The average molecular weight is 475 g/mol. The molecule has 1 N–H and O–H groups in total. The molecule has 2 aromatic heterocycles. The Balaban J connectivity index is 1.73. The zero-order valence-corrected chi connectivity index (χ0v) is 20.2. The molecule has 0 saturated carbocycles. The van der Waals surface area contributed by atoms with Gasteiger partial charge in [-0.1, -0.05) is 11.8 Å². The van der Waals surface area contributed by atoms with E-state index < -0.39 is 0 Å². The van der Waals surface area contributed by atoms with Crippen LogP contribution in [0.1, 0.15) is 20.8 Å². The highest BCUT2D eigenvalue weighted by Crippen LogP contribution is 2.30. The van der Waals surface area contributed by atoms with Crippen LogP contribution in [0.3, 0.4) is 0 Å². The van der Waals surface area contributed by atoms with Gasteiger partial charge in [-0.25, -0.2) is 0 Å². The van der Waals surface area contributed by atoms with E-state index in [0.29, 0.717) is 55.5 Å². The summed E-state index contributed by atoms with van der Waals surface area (Å²) in [5.74, 6) is 1.95. The highest BCUT2D eigenvalue weighted by Gasteiger charge is 2.21. The monoisotopic (exact) mass is 474 g/mol. The van der Waals surface area contributed by atoms with Gasteiger partial charge < -0.3 is 19.5 Å². The molecule has 0 atom stereocenters. The van der Waals surface area contributed by atoms with Crippen molar-refractivity contribution in [2.24, 2.45) is 0 Å². The molecule has 0 aliphatic heterocycles. The Bertz CT molecular complexity index is 1030. The number of anilines is 1. The second-order valence-corrected chi connectivity index (χ2v) is 7.82. The lowest BCUT2D eigenvalue weighted by Crippen LogP contribution is -2.15. The van der Waals surface area contributed by atoms with Crippen LogP contribution in [-0.2, 0) is 22.6 Å². The lowest BCUT2D eigenvalue weighted by Gasteiger charge is -2.10. The Morgan fingerprint density at radius 1 is 1.09 bits per heavy atom. The maximum absolute atomic E-state index is 12.5. The van der Waals surface area contributed by atoms with E-state index >= 15 is 0 Å². The zero-order chi connectivity index (χ0) is 23.6. The van der Waals surface area contributed by atoms with Crippen molar-refractivity contribution in [1.29, 1.82) is 0 Å². The second kappa shape index (κ2) is 12.3. The van der Waals surface area contributed by atoms with Gasteiger partial charge in [0.1, 0.15) is 11.3 Å². The number of ether oxygens (including phenoxy) is 3. The molecule has 2 heterocycles. The minimum atomic E-state index is -0.138. The van der Waals surface area contributed by atoms with Crippen molar-refractivity contribution in [3.05, 3.63) is 30.5 Å². The topological polar surface area (TPSA) is 105 Å². The summed E-state index contributed by atoms with van der Waals surface area (Å²) in [6.45, 7) is 8.65. The van der Waals surface area contributed by atoms with Crippen LogP contribution in [0.2, 0.25) is 0 Å². The van der Waals surface area contributed by atoms with Gasteiger partial charge in [-0.05, 0) is 45.0 Å². The number of hydrogen-bond acceptors (Lipinski definition) is 8. The molecule has 11 heteroatoms. The van der Waals surface area contributed by atoms with Crippen LogP contribution in [0, 0.1) is 0 Å². The van der Waals surface area contributed by atoms with Gasteiger partial charge in [-0.3, -0.25) is 14.0 Å². The number of thioether (sulfide) groups is 1. The molecule has 1 aromatic carbocycles. The maximum Gasteiger partial charge on any atom is 0.243 e. The van der Waals surface area contributed by atoms with E-state index in [9.17, 15) is 4.79 Å². The van der Waals surface area contributed by atoms with Crippen LogP contribution in [0.25, 0.3) is 11.4 Å². The number of benzene rings is 1. The second-order valence-electron chi connectivity index (χ2n) is 6.88. The normalized spacial score (nSPS) is 10.9. The third kappa shape index (κ3) is 6.48. The summed E-state index contributed by atoms with van der Waals surface area (Å²) >= 11 is 1.31. The molecule has 0 bridgehead atoms. The highest BCUT2D eigenvalue weighted by molar-refractivity contribution is 7.99. The first-order valence-corrected chi connectivity index (χ1v) is 11.9. The molecule has 33 heavy (non-hydrogen) atoms. The Morgan fingerprint density at radius 3 is 2.52 bits per heavy atom. The predicted molar refractivity (Wildman–Crippen MR) is 127 cm³/mol. The van der Waals surface area contributed by atoms with Gasteiger partial charge in [0.25, 0.3) is 0 Å². The lowest BCUT2D eigenvalue weighted by molar-refractivity contribution is -0.113. The summed E-state index contributed by atoms with van der Waals surface area (Å²) in [6, 6.07) is 7.28. The number of amides is 1. The van der Waals surface area contributed by atoms with Crippen LogP contribution in [0.5, 0.6) is 11.6 Å². The number of aromatic nitrogens is 5. The summed E-state index contributed by atoms with van der Waals surface area (Å²) in [5.41, 5.74) is 1.46. The first-order chi connectivity index (χ1) is 16.1. The lowest BCUT2D eigenvalue weighted by atomic mass is 10.3. The van der Waals surface area contributed by atoms with Crippen LogP contribution in [0.15, 0.2) is 35.6 Å². The van der Waals surface area contributed by atoms with Crippen LogP contribution >= 0.6 is 11.8 Å². The van der Waals surface area contributed by atoms with E-state index in [4.69, 9.17) is 14.2 Å². The third-order valence-electron chi connectivity index (χ3n) is 4.59. The van der Waals surface area contributed by atoms with Gasteiger partial charge in [0, 0.05) is 25.5 Å². The van der Waals surface area contributed by atoms with Crippen LogP contribution in [0.4, 0.5) is 5.69 Å². The number of hydrogen-bond donors (Lipinski definition) is 1. The summed E-state index contributed by atoms with van der Waals surface area (Å²) < 4.78 is 20.1.